The monoisotopic (exact) mass is 980 g/mol. The number of carbonyl (C=O) groups excluding carboxylic acids is 1. The number of hydrogen-bond acceptors (Lipinski definition) is 5. The Labute approximate surface area is 423 Å². The van der Waals surface area contributed by atoms with Gasteiger partial charge in [-0.3, -0.25) is 13.8 Å². The van der Waals surface area contributed by atoms with Crippen molar-refractivity contribution in [2.75, 3.05) is 40.9 Å². The smallest absolute Gasteiger partial charge is 0.387 e. The van der Waals surface area contributed by atoms with E-state index >= 15 is 0 Å². The van der Waals surface area contributed by atoms with Gasteiger partial charge >= 0.3 is 7.82 Å². The van der Waals surface area contributed by atoms with Gasteiger partial charge < -0.3 is 19.8 Å². The van der Waals surface area contributed by atoms with E-state index in [1.165, 1.54) is 225 Å². The van der Waals surface area contributed by atoms with Crippen LogP contribution in [-0.4, -0.2) is 73.4 Å². The summed E-state index contributed by atoms with van der Waals surface area (Å²) >= 11 is 0. The summed E-state index contributed by atoms with van der Waals surface area (Å²) in [6, 6.07) is -0.860. The van der Waals surface area contributed by atoms with E-state index < -0.39 is 20.0 Å². The summed E-state index contributed by atoms with van der Waals surface area (Å²) in [6.07, 6.45) is 65.9. The van der Waals surface area contributed by atoms with Gasteiger partial charge in [-0.25, -0.2) is 4.57 Å². The Morgan fingerprint density at radius 3 is 1.21 bits per heavy atom. The van der Waals surface area contributed by atoms with E-state index in [-0.39, 0.29) is 19.1 Å². The first kappa shape index (κ1) is 66.7. The molecule has 0 aliphatic carbocycles. The summed E-state index contributed by atoms with van der Waals surface area (Å²) in [5.41, 5.74) is 0. The van der Waals surface area contributed by atoms with E-state index in [1.807, 2.05) is 27.2 Å². The number of allylic oxidation sites excluding steroid dienone is 5. The fourth-order valence-electron chi connectivity index (χ4n) is 8.70. The number of likely N-dealkylation sites (N-methyl/N-ethyl adjacent to an activating group) is 1. The number of phosphoric acid groups is 1. The van der Waals surface area contributed by atoms with Crippen LogP contribution in [0.5, 0.6) is 0 Å². The second-order valence-electron chi connectivity index (χ2n) is 21.4. The predicted octanol–water partition coefficient (Wildman–Crippen LogP) is 17.8. The summed E-state index contributed by atoms with van der Waals surface area (Å²) in [5.74, 6) is -0.186. The lowest BCUT2D eigenvalue weighted by Crippen LogP contribution is -2.45. The van der Waals surface area contributed by atoms with Gasteiger partial charge in [0.05, 0.1) is 39.9 Å². The topological polar surface area (TPSA) is 105 Å². The normalized spacial score (nSPS) is 14.2. The van der Waals surface area contributed by atoms with Crippen molar-refractivity contribution in [1.29, 1.82) is 0 Å². The molecule has 9 heteroatoms. The van der Waals surface area contributed by atoms with E-state index in [0.29, 0.717) is 17.4 Å². The van der Waals surface area contributed by atoms with E-state index in [2.05, 4.69) is 43.5 Å². The van der Waals surface area contributed by atoms with E-state index in [1.54, 1.807) is 6.08 Å². The number of quaternary nitrogens is 1. The third-order valence-corrected chi connectivity index (χ3v) is 14.3. The summed E-state index contributed by atoms with van der Waals surface area (Å²) in [6.45, 7) is 4.76. The molecule has 0 aromatic rings. The minimum absolute atomic E-state index is 0.0568. The molecule has 68 heavy (non-hydrogen) atoms. The Bertz CT molecular complexity index is 1200. The number of aliphatic hydroxyl groups excluding tert-OH is 1. The lowest BCUT2D eigenvalue weighted by Gasteiger charge is -2.25. The van der Waals surface area contributed by atoms with E-state index in [0.717, 1.165) is 38.5 Å². The van der Waals surface area contributed by atoms with Crippen LogP contribution in [0.15, 0.2) is 36.5 Å². The number of amides is 1. The molecule has 0 radical (unpaired) electrons. The molecule has 0 rings (SSSR count). The van der Waals surface area contributed by atoms with Gasteiger partial charge in [0.1, 0.15) is 13.2 Å². The number of nitrogens with zero attached hydrogens (tertiary/aromatic N) is 1. The molecule has 8 nitrogen and oxygen atoms in total. The molecule has 0 aliphatic heterocycles. The van der Waals surface area contributed by atoms with Crippen molar-refractivity contribution >= 4 is 13.7 Å². The number of aliphatic hydroxyl groups is 1. The van der Waals surface area contributed by atoms with Crippen molar-refractivity contribution in [2.45, 2.75) is 296 Å². The number of nitrogens with one attached hydrogen (secondary N) is 1. The van der Waals surface area contributed by atoms with Gasteiger partial charge in [0, 0.05) is 6.42 Å². The zero-order valence-electron chi connectivity index (χ0n) is 45.9. The van der Waals surface area contributed by atoms with Crippen LogP contribution in [0.1, 0.15) is 284 Å². The maximum atomic E-state index is 12.9. The fourth-order valence-corrected chi connectivity index (χ4v) is 9.44. The molecular formula is C59H116N2O6P+. The summed E-state index contributed by atoms with van der Waals surface area (Å²) < 4.78 is 23.5. The molecule has 0 aromatic carbocycles. The Morgan fingerprint density at radius 2 is 0.809 bits per heavy atom. The van der Waals surface area contributed by atoms with Crippen molar-refractivity contribution in [3.05, 3.63) is 36.5 Å². The first-order valence-electron chi connectivity index (χ1n) is 29.4. The first-order chi connectivity index (χ1) is 33.0. The lowest BCUT2D eigenvalue weighted by molar-refractivity contribution is -0.870. The minimum atomic E-state index is -4.34. The molecule has 0 saturated heterocycles. The van der Waals surface area contributed by atoms with Crippen LogP contribution < -0.4 is 5.32 Å². The number of carbonyl (C=O) groups is 1. The molecule has 0 bridgehead atoms. The van der Waals surface area contributed by atoms with Crippen LogP contribution in [0.4, 0.5) is 0 Å². The molecule has 402 valence electrons. The van der Waals surface area contributed by atoms with Gasteiger partial charge in [-0.2, -0.15) is 0 Å². The molecule has 0 aromatic heterocycles. The van der Waals surface area contributed by atoms with E-state index in [9.17, 15) is 19.4 Å². The molecule has 3 unspecified atom stereocenters. The molecule has 3 atom stereocenters. The van der Waals surface area contributed by atoms with Gasteiger partial charge in [0.15, 0.2) is 0 Å². The van der Waals surface area contributed by atoms with Gasteiger partial charge in [-0.1, -0.05) is 256 Å². The molecule has 0 heterocycles. The van der Waals surface area contributed by atoms with Gasteiger partial charge in [0.25, 0.3) is 0 Å². The molecule has 0 saturated carbocycles. The minimum Gasteiger partial charge on any atom is -0.387 e. The van der Waals surface area contributed by atoms with Crippen molar-refractivity contribution in [1.82, 2.24) is 5.32 Å². The Kier molecular flexibility index (Phi) is 49.7. The SMILES string of the molecule is CCCCC/C=C/CC/C=C/C(O)C(COP(=O)(O)OCC[N+](C)(C)C)NC(=O)CCCCCCCCCCCCCCCCCCC/C=C\CCCCCCCCCCCCCCCCCC. The number of phosphoric ester groups is 1. The Balaban J connectivity index is 3.83. The highest BCUT2D eigenvalue weighted by atomic mass is 31.2. The molecular weight excluding hydrogens is 864 g/mol. The highest BCUT2D eigenvalue weighted by molar-refractivity contribution is 7.47. The number of unbranched alkanes of at least 4 members (excludes halogenated alkanes) is 37. The summed E-state index contributed by atoms with van der Waals surface area (Å²) in [4.78, 5) is 23.1. The maximum Gasteiger partial charge on any atom is 0.472 e. The second kappa shape index (κ2) is 50.7. The van der Waals surface area contributed by atoms with Crippen LogP contribution in [0, 0.1) is 0 Å². The molecule has 0 spiro atoms. The Hall–Kier alpha value is -1.28. The average Bonchev–Trinajstić information content (AvgIpc) is 3.30. The van der Waals surface area contributed by atoms with Gasteiger partial charge in [0.2, 0.25) is 5.91 Å². The maximum absolute atomic E-state index is 12.9. The van der Waals surface area contributed by atoms with E-state index in [4.69, 9.17) is 9.05 Å². The standard InChI is InChI=1S/C59H115N2O6P/c1-6-8-10-12-14-16-17-18-19-20-21-22-23-24-25-26-27-28-29-30-31-32-33-34-35-36-37-38-39-40-41-42-43-45-47-49-51-53-59(63)60-57(56-67-68(64,65)66-55-54-61(3,4)5)58(62)52-50-48-46-44-15-13-11-9-7-2/h15,28-29,44,50,52,57-58,62H,6-14,16-27,30-43,45-49,51,53-56H2,1-5H3,(H-,60,63,64,65)/p+1/b29-28-,44-15+,52-50+. The molecule has 0 aliphatic rings. The molecule has 1 amide bonds. The van der Waals surface area contributed by atoms with Crippen molar-refractivity contribution in [3.63, 3.8) is 0 Å². The average molecular weight is 981 g/mol. The quantitative estimate of drug-likeness (QED) is 0.0243. The highest BCUT2D eigenvalue weighted by Crippen LogP contribution is 2.43. The molecule has 0 fully saturated rings. The third kappa shape index (κ3) is 52.5. The van der Waals surface area contributed by atoms with Crippen molar-refractivity contribution < 1.29 is 32.9 Å². The van der Waals surface area contributed by atoms with Gasteiger partial charge in [-0.15, -0.1) is 0 Å². The van der Waals surface area contributed by atoms with Crippen LogP contribution >= 0.6 is 7.82 Å². The van der Waals surface area contributed by atoms with Crippen molar-refractivity contribution in [2.24, 2.45) is 0 Å². The number of hydrogen-bond donors (Lipinski definition) is 3. The van der Waals surface area contributed by atoms with Crippen LogP contribution in [-0.2, 0) is 18.4 Å². The summed E-state index contributed by atoms with van der Waals surface area (Å²) in [7, 11) is 1.56. The predicted molar refractivity (Wildman–Crippen MR) is 295 cm³/mol. The van der Waals surface area contributed by atoms with Crippen LogP contribution in [0.3, 0.4) is 0 Å². The highest BCUT2D eigenvalue weighted by Gasteiger charge is 2.27. The Morgan fingerprint density at radius 1 is 0.485 bits per heavy atom. The van der Waals surface area contributed by atoms with Crippen LogP contribution in [0.25, 0.3) is 0 Å². The fraction of sp³-hybridized carbons (Fsp3) is 0.881. The number of rotatable bonds is 54. The first-order valence-corrected chi connectivity index (χ1v) is 30.9. The molecule has 3 N–H and O–H groups in total. The largest absolute Gasteiger partial charge is 0.472 e. The van der Waals surface area contributed by atoms with Crippen molar-refractivity contribution in [3.8, 4) is 0 Å². The third-order valence-electron chi connectivity index (χ3n) is 13.3. The zero-order chi connectivity index (χ0) is 49.9. The summed E-state index contributed by atoms with van der Waals surface area (Å²) in [5, 5.41) is 13.8. The van der Waals surface area contributed by atoms with Gasteiger partial charge in [-0.05, 0) is 57.8 Å². The van der Waals surface area contributed by atoms with Crippen LogP contribution in [0.2, 0.25) is 0 Å². The zero-order valence-corrected chi connectivity index (χ0v) is 46.8. The second-order valence-corrected chi connectivity index (χ2v) is 22.8. The lowest BCUT2D eigenvalue weighted by atomic mass is 10.0.